The Morgan fingerprint density at radius 1 is 1.30 bits per heavy atom. The van der Waals surface area contributed by atoms with Gasteiger partial charge in [0.15, 0.2) is 5.96 Å². The molecule has 0 amide bonds. The van der Waals surface area contributed by atoms with Crippen LogP contribution in [-0.2, 0) is 19.4 Å². The molecule has 0 fully saturated rings. The van der Waals surface area contributed by atoms with Crippen molar-refractivity contribution in [3.05, 3.63) is 29.8 Å². The number of guanidine groups is 1. The van der Waals surface area contributed by atoms with Gasteiger partial charge in [0.2, 0.25) is 14.7 Å². The molecular weight excluding hydrogens is 320 g/mol. The molecule has 0 saturated carbocycles. The summed E-state index contributed by atoms with van der Waals surface area (Å²) < 4.78 is 30.4. The number of hydrogen-bond donors (Lipinski definition) is 3. The van der Waals surface area contributed by atoms with Crippen LogP contribution in [0.4, 0.5) is 0 Å². The van der Waals surface area contributed by atoms with E-state index in [1.54, 1.807) is 25.1 Å². The van der Waals surface area contributed by atoms with Crippen molar-refractivity contribution < 1.29 is 17.9 Å². The number of rotatable bonds is 7. The lowest BCUT2D eigenvalue weighted by Gasteiger charge is -2.27. The first-order valence-electron chi connectivity index (χ1n) is 6.89. The largest absolute Gasteiger partial charge is 0.467 e. The number of benzene rings is 1. The number of nitrogens with two attached hydrogens (primary N) is 3. The van der Waals surface area contributed by atoms with Gasteiger partial charge < -0.3 is 21.9 Å². The molecule has 128 valence electrons. The molecule has 8 nitrogen and oxygen atoms in total. The van der Waals surface area contributed by atoms with Crippen LogP contribution in [0, 0.1) is 6.92 Å². The highest BCUT2D eigenvalue weighted by Crippen LogP contribution is 2.29. The summed E-state index contributed by atoms with van der Waals surface area (Å²) in [6, 6.07) is 6.30. The van der Waals surface area contributed by atoms with Gasteiger partial charge >= 0.3 is 5.97 Å². The van der Waals surface area contributed by atoms with E-state index in [0.29, 0.717) is 5.56 Å². The molecule has 0 unspecified atom stereocenters. The zero-order chi connectivity index (χ0) is 17.7. The molecule has 0 spiro atoms. The Kier molecular flexibility index (Phi) is 6.11. The van der Waals surface area contributed by atoms with Gasteiger partial charge in [-0.25, -0.2) is 13.2 Å². The van der Waals surface area contributed by atoms with E-state index >= 15 is 0 Å². The zero-order valence-corrected chi connectivity index (χ0v) is 14.0. The van der Waals surface area contributed by atoms with Gasteiger partial charge in [0.25, 0.3) is 0 Å². The van der Waals surface area contributed by atoms with E-state index < -0.39 is 20.7 Å². The second kappa shape index (κ2) is 7.42. The third kappa shape index (κ3) is 3.99. The van der Waals surface area contributed by atoms with Gasteiger partial charge in [0, 0.05) is 6.54 Å². The lowest BCUT2D eigenvalue weighted by atomic mass is 10.1. The lowest BCUT2D eigenvalue weighted by Crippen LogP contribution is -2.55. The summed E-state index contributed by atoms with van der Waals surface area (Å²) in [4.78, 5) is 13.6. The first-order valence-corrected chi connectivity index (χ1v) is 8.38. The van der Waals surface area contributed by atoms with Gasteiger partial charge in [-0.3, -0.25) is 4.99 Å². The minimum Gasteiger partial charge on any atom is -0.467 e. The molecule has 1 atom stereocenters. The summed E-state index contributed by atoms with van der Waals surface area (Å²) in [5.41, 5.74) is 16.9. The quantitative estimate of drug-likeness (QED) is 0.265. The average molecular weight is 342 g/mol. The molecule has 0 aliphatic heterocycles. The molecule has 0 aliphatic carbocycles. The smallest absolute Gasteiger partial charge is 0.342 e. The Bertz CT molecular complexity index is 698. The van der Waals surface area contributed by atoms with Crippen molar-refractivity contribution in [2.45, 2.75) is 29.5 Å². The van der Waals surface area contributed by atoms with Gasteiger partial charge in [-0.1, -0.05) is 18.2 Å². The molecule has 23 heavy (non-hydrogen) atoms. The average Bonchev–Trinajstić information content (AvgIpc) is 2.50. The number of esters is 1. The minimum atomic E-state index is -4.15. The van der Waals surface area contributed by atoms with Crippen LogP contribution in [0.2, 0.25) is 0 Å². The summed E-state index contributed by atoms with van der Waals surface area (Å²) in [5.74, 6) is -1.14. The van der Waals surface area contributed by atoms with Crippen LogP contribution in [0.15, 0.2) is 34.2 Å². The highest BCUT2D eigenvalue weighted by atomic mass is 32.2. The maximum atomic E-state index is 12.9. The highest BCUT2D eigenvalue weighted by molar-refractivity contribution is 7.93. The number of nitrogens with zero attached hydrogens (tertiary/aromatic N) is 1. The number of aryl methyl sites for hydroxylation is 1. The number of aliphatic imine (C=N–C) groups is 1. The summed E-state index contributed by atoms with van der Waals surface area (Å²) in [6.45, 7) is 1.78. The zero-order valence-electron chi connectivity index (χ0n) is 13.2. The molecule has 0 saturated heterocycles. The Morgan fingerprint density at radius 3 is 2.43 bits per heavy atom. The van der Waals surface area contributed by atoms with Crippen molar-refractivity contribution in [2.24, 2.45) is 22.2 Å². The number of carbonyl (C=O) groups excluding carboxylic acids is 1. The van der Waals surface area contributed by atoms with Crippen LogP contribution < -0.4 is 17.2 Å². The standard InChI is InChI=1S/C14H22N4O4S/c1-10-6-3-4-7-11(10)23(20,21)14(17,12(19)22-2)8-5-9-18-13(15)16/h3-4,6-7H,5,8-9,17H2,1-2H3,(H4,15,16,18)/t14-/m1/s1. The number of carbonyl (C=O) groups is 1. The monoisotopic (exact) mass is 342 g/mol. The molecule has 1 aromatic carbocycles. The van der Waals surface area contributed by atoms with Gasteiger partial charge in [-0.05, 0) is 31.4 Å². The van der Waals surface area contributed by atoms with Crippen LogP contribution in [0.1, 0.15) is 18.4 Å². The minimum absolute atomic E-state index is 0.00487. The predicted molar refractivity (Wildman–Crippen MR) is 87.2 cm³/mol. The topological polar surface area (TPSA) is 151 Å². The number of hydrogen-bond acceptors (Lipinski definition) is 6. The molecule has 6 N–H and O–H groups in total. The first-order chi connectivity index (χ1) is 10.7. The van der Waals surface area contributed by atoms with E-state index in [-0.39, 0.29) is 30.2 Å². The number of sulfone groups is 1. The van der Waals surface area contributed by atoms with Gasteiger partial charge in [-0.2, -0.15) is 0 Å². The summed E-state index contributed by atoms with van der Waals surface area (Å²) in [6.07, 6.45) is 0.0295. The fraction of sp³-hybridized carbons (Fsp3) is 0.429. The van der Waals surface area contributed by atoms with E-state index in [9.17, 15) is 13.2 Å². The molecular formula is C14H22N4O4S. The van der Waals surface area contributed by atoms with Crippen LogP contribution >= 0.6 is 0 Å². The number of ether oxygens (including phenoxy) is 1. The summed E-state index contributed by atoms with van der Waals surface area (Å²) in [7, 11) is -3.06. The summed E-state index contributed by atoms with van der Waals surface area (Å²) in [5, 5.41) is 0. The molecule has 9 heteroatoms. The number of methoxy groups -OCH3 is 1. The summed E-state index contributed by atoms with van der Waals surface area (Å²) >= 11 is 0. The maximum absolute atomic E-state index is 12.9. The van der Waals surface area contributed by atoms with E-state index in [1.807, 2.05) is 0 Å². The van der Waals surface area contributed by atoms with Crippen molar-refractivity contribution in [2.75, 3.05) is 13.7 Å². The molecule has 1 aromatic rings. The normalized spacial score (nSPS) is 13.9. The second-order valence-corrected chi connectivity index (χ2v) is 7.24. The fourth-order valence-corrected chi connectivity index (χ4v) is 3.98. The Morgan fingerprint density at radius 2 is 1.91 bits per heavy atom. The van der Waals surface area contributed by atoms with Gasteiger partial charge in [-0.15, -0.1) is 0 Å². The van der Waals surface area contributed by atoms with Crippen LogP contribution in [0.25, 0.3) is 0 Å². The van der Waals surface area contributed by atoms with E-state index in [0.717, 1.165) is 7.11 Å². The van der Waals surface area contributed by atoms with Crippen molar-refractivity contribution in [3.8, 4) is 0 Å². The van der Waals surface area contributed by atoms with E-state index in [1.165, 1.54) is 6.07 Å². The van der Waals surface area contributed by atoms with E-state index in [4.69, 9.17) is 17.2 Å². The molecule has 0 radical (unpaired) electrons. The van der Waals surface area contributed by atoms with Gasteiger partial charge in [0.05, 0.1) is 12.0 Å². The van der Waals surface area contributed by atoms with Gasteiger partial charge in [0.1, 0.15) is 0 Å². The van der Waals surface area contributed by atoms with Crippen LogP contribution in [0.3, 0.4) is 0 Å². The fourth-order valence-electron chi connectivity index (χ4n) is 2.12. The van der Waals surface area contributed by atoms with Crippen molar-refractivity contribution in [1.82, 2.24) is 0 Å². The molecule has 0 bridgehead atoms. The van der Waals surface area contributed by atoms with Crippen LogP contribution in [-0.4, -0.2) is 38.9 Å². The Balaban J connectivity index is 3.22. The van der Waals surface area contributed by atoms with Crippen molar-refractivity contribution in [3.63, 3.8) is 0 Å². The third-order valence-electron chi connectivity index (χ3n) is 3.39. The molecule has 0 heterocycles. The maximum Gasteiger partial charge on any atom is 0.342 e. The van der Waals surface area contributed by atoms with Crippen molar-refractivity contribution >= 4 is 21.8 Å². The Hall–Kier alpha value is -2.13. The van der Waals surface area contributed by atoms with E-state index in [2.05, 4.69) is 9.73 Å². The molecule has 0 aromatic heterocycles. The SMILES string of the molecule is COC(=O)[C@@](N)(CCCN=C(N)N)S(=O)(=O)c1ccccc1C. The highest BCUT2D eigenvalue weighted by Gasteiger charge is 2.49. The molecule has 0 aliphatic rings. The predicted octanol–water partition coefficient (Wildman–Crippen LogP) is -0.350. The Labute approximate surface area is 135 Å². The second-order valence-electron chi connectivity index (χ2n) is 5.06. The molecule has 1 rings (SSSR count). The van der Waals surface area contributed by atoms with Crippen LogP contribution in [0.5, 0.6) is 0 Å². The first kappa shape index (κ1) is 18.9. The van der Waals surface area contributed by atoms with Crippen molar-refractivity contribution in [1.29, 1.82) is 0 Å². The lowest BCUT2D eigenvalue weighted by molar-refractivity contribution is -0.143. The third-order valence-corrected chi connectivity index (χ3v) is 5.76.